The maximum Gasteiger partial charge on any atom is 0.324 e. The van der Waals surface area contributed by atoms with Gasteiger partial charge in [0.05, 0.1) is 17.7 Å². The minimum absolute atomic E-state index is 0.0208. The Morgan fingerprint density at radius 3 is 2.33 bits per heavy atom. The van der Waals surface area contributed by atoms with Crippen molar-refractivity contribution in [2.75, 3.05) is 24.2 Å². The molecule has 6 nitrogen and oxygen atoms in total. The van der Waals surface area contributed by atoms with Gasteiger partial charge in [-0.05, 0) is 42.7 Å². The lowest BCUT2D eigenvalue weighted by Crippen LogP contribution is -2.36. The highest BCUT2D eigenvalue weighted by molar-refractivity contribution is 7.98. The molecular weight excluding hydrogens is 350 g/mol. The summed E-state index contributed by atoms with van der Waals surface area (Å²) in [4.78, 5) is 12.1. The Kier molecular flexibility index (Phi) is 5.74. The molecule has 0 aliphatic rings. The third-order valence-electron chi connectivity index (χ3n) is 3.28. The van der Waals surface area contributed by atoms with Crippen molar-refractivity contribution in [3.8, 4) is 5.75 Å². The molecule has 0 amide bonds. The number of hydrogen-bond donors (Lipinski definition) is 1. The van der Waals surface area contributed by atoms with E-state index >= 15 is 0 Å². The van der Waals surface area contributed by atoms with E-state index in [1.165, 1.54) is 37.1 Å². The van der Waals surface area contributed by atoms with Crippen LogP contribution in [-0.2, 0) is 14.8 Å². The lowest BCUT2D eigenvalue weighted by Gasteiger charge is -2.24. The second-order valence-electron chi connectivity index (χ2n) is 4.75. The largest absolute Gasteiger partial charge is 0.495 e. The zero-order valence-corrected chi connectivity index (χ0v) is 14.8. The lowest BCUT2D eigenvalue weighted by atomic mass is 10.3. The lowest BCUT2D eigenvalue weighted by molar-refractivity contribution is -0.135. The molecule has 0 bridgehead atoms. The molecular formula is C16H17NO5S2. The Morgan fingerprint density at radius 1 is 1.17 bits per heavy atom. The zero-order valence-electron chi connectivity index (χ0n) is 13.2. The van der Waals surface area contributed by atoms with Crippen LogP contribution in [0.4, 0.5) is 5.69 Å². The molecule has 0 saturated carbocycles. The molecule has 8 heteroatoms. The molecule has 0 heterocycles. The van der Waals surface area contributed by atoms with Crippen LogP contribution in [0.5, 0.6) is 5.75 Å². The summed E-state index contributed by atoms with van der Waals surface area (Å²) in [5.41, 5.74) is 0.177. The SMILES string of the molecule is COc1ccccc1N(CC(=O)O)S(=O)(=O)c1ccc(SC)cc1. The summed E-state index contributed by atoms with van der Waals surface area (Å²) in [6.07, 6.45) is 1.88. The maximum absolute atomic E-state index is 12.9. The number of nitrogens with zero attached hydrogens (tertiary/aromatic N) is 1. The first-order chi connectivity index (χ1) is 11.4. The van der Waals surface area contributed by atoms with E-state index in [1.54, 1.807) is 30.3 Å². The quantitative estimate of drug-likeness (QED) is 0.758. The first-order valence-electron chi connectivity index (χ1n) is 6.91. The van der Waals surface area contributed by atoms with Crippen molar-refractivity contribution in [3.63, 3.8) is 0 Å². The van der Waals surface area contributed by atoms with Crippen molar-refractivity contribution in [2.24, 2.45) is 0 Å². The number of ether oxygens (including phenoxy) is 1. The normalized spacial score (nSPS) is 11.1. The Labute approximate surface area is 145 Å². The van der Waals surface area contributed by atoms with Gasteiger partial charge in [-0.25, -0.2) is 8.42 Å². The summed E-state index contributed by atoms with van der Waals surface area (Å²) in [5.74, 6) is -0.978. The second-order valence-corrected chi connectivity index (χ2v) is 7.49. The molecule has 0 fully saturated rings. The van der Waals surface area contributed by atoms with Crippen molar-refractivity contribution in [1.29, 1.82) is 0 Å². The third kappa shape index (κ3) is 3.82. The fraction of sp³-hybridized carbons (Fsp3) is 0.188. The van der Waals surface area contributed by atoms with Gasteiger partial charge in [0.2, 0.25) is 0 Å². The molecule has 0 aliphatic carbocycles. The zero-order chi connectivity index (χ0) is 17.7. The van der Waals surface area contributed by atoms with E-state index in [1.807, 2.05) is 6.26 Å². The number of anilines is 1. The Balaban J connectivity index is 2.55. The van der Waals surface area contributed by atoms with Crippen LogP contribution >= 0.6 is 11.8 Å². The monoisotopic (exact) mass is 367 g/mol. The number of thioether (sulfide) groups is 1. The summed E-state index contributed by atoms with van der Waals surface area (Å²) >= 11 is 1.49. The standard InChI is InChI=1S/C16H17NO5S2/c1-22-15-6-4-3-5-14(15)17(11-16(18)19)24(20,21)13-9-7-12(23-2)8-10-13/h3-10H,11H2,1-2H3,(H,18,19). The van der Waals surface area contributed by atoms with Gasteiger partial charge >= 0.3 is 5.97 Å². The maximum atomic E-state index is 12.9. The van der Waals surface area contributed by atoms with Gasteiger partial charge in [0, 0.05) is 4.90 Å². The van der Waals surface area contributed by atoms with Crippen molar-refractivity contribution < 1.29 is 23.1 Å². The molecule has 2 aromatic carbocycles. The Hall–Kier alpha value is -2.19. The minimum Gasteiger partial charge on any atom is -0.495 e. The first-order valence-corrected chi connectivity index (χ1v) is 9.58. The number of carbonyl (C=O) groups is 1. The van der Waals surface area contributed by atoms with E-state index in [2.05, 4.69) is 0 Å². The third-order valence-corrected chi connectivity index (χ3v) is 5.80. The summed E-state index contributed by atoms with van der Waals surface area (Å²) < 4.78 is 31.9. The van der Waals surface area contributed by atoms with Crippen LogP contribution in [0, 0.1) is 0 Å². The summed E-state index contributed by atoms with van der Waals surface area (Å²) in [5, 5.41) is 9.15. The van der Waals surface area contributed by atoms with Crippen LogP contribution < -0.4 is 9.04 Å². The van der Waals surface area contributed by atoms with E-state index in [-0.39, 0.29) is 16.3 Å². The molecule has 0 atom stereocenters. The number of benzene rings is 2. The fourth-order valence-corrected chi connectivity index (χ4v) is 3.97. The first kappa shape index (κ1) is 18.2. The number of aliphatic carboxylic acids is 1. The van der Waals surface area contributed by atoms with E-state index in [0.29, 0.717) is 0 Å². The predicted molar refractivity (Wildman–Crippen MR) is 93.4 cm³/mol. The van der Waals surface area contributed by atoms with Gasteiger partial charge in [0.1, 0.15) is 12.3 Å². The fourth-order valence-electron chi connectivity index (χ4n) is 2.13. The van der Waals surface area contributed by atoms with Crippen molar-refractivity contribution in [3.05, 3.63) is 48.5 Å². The number of rotatable bonds is 7. The highest BCUT2D eigenvalue weighted by Gasteiger charge is 2.29. The molecule has 0 aromatic heterocycles. The number of sulfonamides is 1. The molecule has 0 spiro atoms. The number of carboxylic acids is 1. The van der Waals surface area contributed by atoms with Crippen molar-refractivity contribution in [2.45, 2.75) is 9.79 Å². The highest BCUT2D eigenvalue weighted by Crippen LogP contribution is 2.32. The van der Waals surface area contributed by atoms with E-state index < -0.39 is 22.5 Å². The topological polar surface area (TPSA) is 83.9 Å². The average Bonchev–Trinajstić information content (AvgIpc) is 2.59. The predicted octanol–water partition coefficient (Wildman–Crippen LogP) is 2.70. The molecule has 128 valence electrons. The van der Waals surface area contributed by atoms with E-state index in [9.17, 15) is 13.2 Å². The van der Waals surface area contributed by atoms with Crippen LogP contribution in [0.3, 0.4) is 0 Å². The van der Waals surface area contributed by atoms with Gasteiger partial charge in [-0.3, -0.25) is 9.10 Å². The van der Waals surface area contributed by atoms with Gasteiger partial charge in [-0.2, -0.15) is 0 Å². The average molecular weight is 367 g/mol. The minimum atomic E-state index is -4.04. The smallest absolute Gasteiger partial charge is 0.324 e. The van der Waals surface area contributed by atoms with Crippen LogP contribution in [0.25, 0.3) is 0 Å². The number of methoxy groups -OCH3 is 1. The molecule has 24 heavy (non-hydrogen) atoms. The number of carboxylic acid groups (broad SMARTS) is 1. The van der Waals surface area contributed by atoms with Crippen molar-refractivity contribution in [1.82, 2.24) is 0 Å². The molecule has 1 N–H and O–H groups in total. The van der Waals surface area contributed by atoms with Gasteiger partial charge in [-0.1, -0.05) is 12.1 Å². The summed E-state index contributed by atoms with van der Waals surface area (Å²) in [6, 6.07) is 12.7. The van der Waals surface area contributed by atoms with Gasteiger partial charge in [-0.15, -0.1) is 11.8 Å². The van der Waals surface area contributed by atoms with Crippen molar-refractivity contribution >= 4 is 33.4 Å². The molecule has 0 radical (unpaired) electrons. The molecule has 0 aliphatic heterocycles. The van der Waals surface area contributed by atoms with Crippen LogP contribution in [0.2, 0.25) is 0 Å². The number of hydrogen-bond acceptors (Lipinski definition) is 5. The van der Waals surface area contributed by atoms with Gasteiger partial charge in [0.15, 0.2) is 0 Å². The van der Waals surface area contributed by atoms with Gasteiger partial charge < -0.3 is 9.84 Å². The molecule has 2 rings (SSSR count). The summed E-state index contributed by atoms with van der Waals surface area (Å²) in [7, 11) is -2.64. The summed E-state index contributed by atoms with van der Waals surface area (Å²) in [6.45, 7) is -0.701. The Morgan fingerprint density at radius 2 is 1.79 bits per heavy atom. The Bertz CT molecular complexity index is 819. The molecule has 0 unspecified atom stereocenters. The molecule has 0 saturated heterocycles. The van der Waals surface area contributed by atoms with E-state index in [4.69, 9.17) is 9.84 Å². The van der Waals surface area contributed by atoms with Crippen LogP contribution in [0.15, 0.2) is 58.3 Å². The van der Waals surface area contributed by atoms with Crippen LogP contribution in [0.1, 0.15) is 0 Å². The van der Waals surface area contributed by atoms with E-state index in [0.717, 1.165) is 9.20 Å². The van der Waals surface area contributed by atoms with Crippen LogP contribution in [-0.4, -0.2) is 39.4 Å². The molecule has 2 aromatic rings. The highest BCUT2D eigenvalue weighted by atomic mass is 32.2. The second kappa shape index (κ2) is 7.59. The number of para-hydroxylation sites is 2. The van der Waals surface area contributed by atoms with Gasteiger partial charge in [0.25, 0.3) is 10.0 Å².